The second kappa shape index (κ2) is 5.97. The lowest BCUT2D eigenvalue weighted by Gasteiger charge is -2.04. The van der Waals surface area contributed by atoms with Gasteiger partial charge < -0.3 is 5.11 Å². The largest absolute Gasteiger partial charge is 0.481 e. The minimum atomic E-state index is -0.877. The van der Waals surface area contributed by atoms with Crippen molar-refractivity contribution in [3.05, 3.63) is 75.3 Å². The van der Waals surface area contributed by atoms with Crippen LogP contribution < -0.4 is 0 Å². The first-order valence-electron chi connectivity index (χ1n) is 6.07. The predicted molar refractivity (Wildman–Crippen MR) is 73.7 cm³/mol. The Morgan fingerprint density at radius 1 is 1.05 bits per heavy atom. The SMILES string of the molecule is O=C(O)Cc1cccc(Cc2cccc([N+](=O)[O-])c2)c1. The summed E-state index contributed by atoms with van der Waals surface area (Å²) in [5.41, 5.74) is 2.54. The number of aliphatic carboxylic acids is 1. The molecule has 0 atom stereocenters. The molecule has 0 aliphatic rings. The molecule has 0 aliphatic carbocycles. The first-order chi connectivity index (χ1) is 9.54. The lowest BCUT2D eigenvalue weighted by Crippen LogP contribution is -2.00. The summed E-state index contributed by atoms with van der Waals surface area (Å²) in [4.78, 5) is 21.0. The van der Waals surface area contributed by atoms with Crippen molar-refractivity contribution in [3.8, 4) is 0 Å². The normalized spacial score (nSPS) is 10.2. The van der Waals surface area contributed by atoms with Crippen LogP contribution in [0.3, 0.4) is 0 Å². The van der Waals surface area contributed by atoms with Gasteiger partial charge in [0.2, 0.25) is 0 Å². The Hall–Kier alpha value is -2.69. The third-order valence-electron chi connectivity index (χ3n) is 2.88. The predicted octanol–water partition coefficient (Wildman–Crippen LogP) is 2.81. The van der Waals surface area contributed by atoms with E-state index >= 15 is 0 Å². The van der Waals surface area contributed by atoms with Crippen LogP contribution in [0.1, 0.15) is 16.7 Å². The number of nitrogens with zero attached hydrogens (tertiary/aromatic N) is 1. The molecule has 0 aliphatic heterocycles. The molecule has 2 rings (SSSR count). The first-order valence-corrected chi connectivity index (χ1v) is 6.07. The Bertz CT molecular complexity index is 652. The van der Waals surface area contributed by atoms with Crippen LogP contribution in [0.25, 0.3) is 0 Å². The van der Waals surface area contributed by atoms with Crippen LogP contribution in [0.4, 0.5) is 5.69 Å². The van der Waals surface area contributed by atoms with E-state index in [0.717, 1.165) is 16.7 Å². The molecule has 5 heteroatoms. The average molecular weight is 271 g/mol. The number of non-ortho nitro benzene ring substituents is 1. The highest BCUT2D eigenvalue weighted by Crippen LogP contribution is 2.17. The summed E-state index contributed by atoms with van der Waals surface area (Å²) in [6, 6.07) is 13.7. The molecular weight excluding hydrogens is 258 g/mol. The molecule has 0 spiro atoms. The molecule has 1 N–H and O–H groups in total. The van der Waals surface area contributed by atoms with E-state index in [1.807, 2.05) is 18.2 Å². The zero-order valence-corrected chi connectivity index (χ0v) is 10.7. The highest BCUT2D eigenvalue weighted by molar-refractivity contribution is 5.70. The van der Waals surface area contributed by atoms with Gasteiger partial charge in [0, 0.05) is 12.1 Å². The summed E-state index contributed by atoms with van der Waals surface area (Å²) in [6.45, 7) is 0. The smallest absolute Gasteiger partial charge is 0.307 e. The fourth-order valence-electron chi connectivity index (χ4n) is 2.04. The highest BCUT2D eigenvalue weighted by Gasteiger charge is 2.07. The molecule has 0 unspecified atom stereocenters. The number of carboxylic acids is 1. The van der Waals surface area contributed by atoms with Crippen molar-refractivity contribution < 1.29 is 14.8 Å². The van der Waals surface area contributed by atoms with Crippen molar-refractivity contribution in [1.82, 2.24) is 0 Å². The van der Waals surface area contributed by atoms with Crippen LogP contribution in [0.5, 0.6) is 0 Å². The van der Waals surface area contributed by atoms with Crippen LogP contribution in [0.2, 0.25) is 0 Å². The Kier molecular flexibility index (Phi) is 4.10. The molecular formula is C15H13NO4. The number of carboxylic acid groups (broad SMARTS) is 1. The summed E-state index contributed by atoms with van der Waals surface area (Å²) in [5, 5.41) is 19.5. The molecule has 0 fully saturated rings. The number of rotatable bonds is 5. The third-order valence-corrected chi connectivity index (χ3v) is 2.88. The number of hydrogen-bond donors (Lipinski definition) is 1. The Balaban J connectivity index is 2.19. The minimum Gasteiger partial charge on any atom is -0.481 e. The van der Waals surface area contributed by atoms with Crippen molar-refractivity contribution in [2.24, 2.45) is 0 Å². The lowest BCUT2D eigenvalue weighted by atomic mass is 10.0. The van der Waals surface area contributed by atoms with Crippen molar-refractivity contribution in [2.75, 3.05) is 0 Å². The van der Waals surface area contributed by atoms with Gasteiger partial charge >= 0.3 is 5.97 Å². The number of hydrogen-bond acceptors (Lipinski definition) is 3. The van der Waals surface area contributed by atoms with E-state index < -0.39 is 10.9 Å². The fraction of sp³-hybridized carbons (Fsp3) is 0.133. The maximum absolute atomic E-state index is 10.7. The number of nitro groups is 1. The molecule has 0 amide bonds. The topological polar surface area (TPSA) is 80.4 Å². The van der Waals surface area contributed by atoms with Gasteiger partial charge in [0.05, 0.1) is 11.3 Å². The summed E-state index contributed by atoms with van der Waals surface area (Å²) in [7, 11) is 0. The molecule has 0 saturated heterocycles. The van der Waals surface area contributed by atoms with Gasteiger partial charge in [0.15, 0.2) is 0 Å². The van der Waals surface area contributed by atoms with Gasteiger partial charge in [-0.3, -0.25) is 14.9 Å². The summed E-state index contributed by atoms with van der Waals surface area (Å²) in [5.74, 6) is -0.877. The minimum absolute atomic E-state index is 0.0250. The molecule has 0 heterocycles. The van der Waals surface area contributed by atoms with Gasteiger partial charge in [0.1, 0.15) is 0 Å². The molecule has 0 radical (unpaired) electrons. The van der Waals surface area contributed by atoms with Gasteiger partial charge in [-0.1, -0.05) is 36.4 Å². The Labute approximate surface area is 115 Å². The quantitative estimate of drug-likeness (QED) is 0.669. The zero-order valence-electron chi connectivity index (χ0n) is 10.7. The van der Waals surface area contributed by atoms with E-state index in [2.05, 4.69) is 0 Å². The number of carbonyl (C=O) groups is 1. The summed E-state index contributed by atoms with van der Waals surface area (Å²) >= 11 is 0. The summed E-state index contributed by atoms with van der Waals surface area (Å²) in [6.07, 6.45) is 0.512. The molecule has 0 aromatic heterocycles. The second-order valence-electron chi connectivity index (χ2n) is 4.49. The Morgan fingerprint density at radius 2 is 1.65 bits per heavy atom. The molecule has 0 bridgehead atoms. The van der Waals surface area contributed by atoms with E-state index in [-0.39, 0.29) is 12.1 Å². The van der Waals surface area contributed by atoms with E-state index in [4.69, 9.17) is 5.11 Å². The molecule has 102 valence electrons. The molecule has 2 aromatic rings. The second-order valence-corrected chi connectivity index (χ2v) is 4.49. The van der Waals surface area contributed by atoms with Crippen molar-refractivity contribution >= 4 is 11.7 Å². The van der Waals surface area contributed by atoms with Crippen molar-refractivity contribution in [3.63, 3.8) is 0 Å². The van der Waals surface area contributed by atoms with Gasteiger partial charge in [-0.25, -0.2) is 0 Å². The zero-order chi connectivity index (χ0) is 14.5. The van der Waals surface area contributed by atoms with Crippen LogP contribution >= 0.6 is 0 Å². The summed E-state index contributed by atoms with van der Waals surface area (Å²) < 4.78 is 0. The molecule has 5 nitrogen and oxygen atoms in total. The van der Waals surface area contributed by atoms with E-state index in [0.29, 0.717) is 6.42 Å². The standard InChI is InChI=1S/C15H13NO4/c17-15(18)10-13-4-1-3-11(8-13)7-12-5-2-6-14(9-12)16(19)20/h1-6,8-9H,7,10H2,(H,17,18). The maximum atomic E-state index is 10.7. The monoisotopic (exact) mass is 271 g/mol. The number of benzene rings is 2. The van der Waals surface area contributed by atoms with E-state index in [1.165, 1.54) is 12.1 Å². The van der Waals surface area contributed by atoms with Gasteiger partial charge in [-0.05, 0) is 23.1 Å². The van der Waals surface area contributed by atoms with Crippen LogP contribution in [-0.2, 0) is 17.6 Å². The number of nitro benzene ring substituents is 1. The highest BCUT2D eigenvalue weighted by atomic mass is 16.6. The van der Waals surface area contributed by atoms with Gasteiger partial charge in [0.25, 0.3) is 5.69 Å². The molecule has 2 aromatic carbocycles. The van der Waals surface area contributed by atoms with Crippen LogP contribution in [0, 0.1) is 10.1 Å². The van der Waals surface area contributed by atoms with Crippen LogP contribution in [-0.4, -0.2) is 16.0 Å². The van der Waals surface area contributed by atoms with Gasteiger partial charge in [-0.15, -0.1) is 0 Å². The maximum Gasteiger partial charge on any atom is 0.307 e. The molecule has 20 heavy (non-hydrogen) atoms. The average Bonchev–Trinajstić information content (AvgIpc) is 2.38. The lowest BCUT2D eigenvalue weighted by molar-refractivity contribution is -0.384. The van der Waals surface area contributed by atoms with Crippen LogP contribution in [0.15, 0.2) is 48.5 Å². The van der Waals surface area contributed by atoms with Gasteiger partial charge in [-0.2, -0.15) is 0 Å². The Morgan fingerprint density at radius 3 is 2.30 bits per heavy atom. The van der Waals surface area contributed by atoms with Crippen molar-refractivity contribution in [2.45, 2.75) is 12.8 Å². The fourth-order valence-corrected chi connectivity index (χ4v) is 2.04. The van der Waals surface area contributed by atoms with E-state index in [9.17, 15) is 14.9 Å². The first kappa shape index (κ1) is 13.7. The van der Waals surface area contributed by atoms with E-state index in [1.54, 1.807) is 18.2 Å². The third kappa shape index (κ3) is 3.65. The molecule has 0 saturated carbocycles. The van der Waals surface area contributed by atoms with Crippen molar-refractivity contribution in [1.29, 1.82) is 0 Å².